The van der Waals surface area contributed by atoms with Crippen LogP contribution in [0.3, 0.4) is 0 Å². The number of benzene rings is 1. The number of carbonyl (C=O) groups is 1. The maximum absolute atomic E-state index is 12.5. The summed E-state index contributed by atoms with van der Waals surface area (Å²) in [7, 11) is 0. The summed E-state index contributed by atoms with van der Waals surface area (Å²) in [6, 6.07) is 11.4. The van der Waals surface area contributed by atoms with E-state index in [1.807, 2.05) is 59.0 Å². The van der Waals surface area contributed by atoms with Gasteiger partial charge in [-0.3, -0.25) is 4.79 Å². The molecule has 3 rings (SSSR count). The van der Waals surface area contributed by atoms with Gasteiger partial charge in [0.25, 0.3) is 5.91 Å². The molecule has 0 saturated carbocycles. The first kappa shape index (κ1) is 15.9. The molecule has 1 aromatic heterocycles. The van der Waals surface area contributed by atoms with Gasteiger partial charge in [0.1, 0.15) is 17.6 Å². The van der Waals surface area contributed by atoms with Gasteiger partial charge in [0, 0.05) is 31.3 Å². The molecule has 0 bridgehead atoms. The Hall–Kier alpha value is -2.01. The molecule has 0 radical (unpaired) electrons. The minimum atomic E-state index is -0.466. The number of thiophene rings is 1. The lowest BCUT2D eigenvalue weighted by Gasteiger charge is -2.33. The van der Waals surface area contributed by atoms with Gasteiger partial charge in [-0.05, 0) is 30.5 Å². The van der Waals surface area contributed by atoms with Crippen LogP contribution in [0, 0.1) is 0 Å². The second kappa shape index (κ2) is 7.51. The molecule has 23 heavy (non-hydrogen) atoms. The van der Waals surface area contributed by atoms with Crippen molar-refractivity contribution in [2.24, 2.45) is 0 Å². The number of ether oxygens (including phenoxy) is 2. The fourth-order valence-electron chi connectivity index (χ4n) is 2.72. The van der Waals surface area contributed by atoms with E-state index in [-0.39, 0.29) is 12.0 Å². The second-order valence-electron chi connectivity index (χ2n) is 5.67. The smallest absolute Gasteiger partial charge is 0.263 e. The van der Waals surface area contributed by atoms with Crippen LogP contribution in [-0.4, -0.2) is 36.1 Å². The molecule has 1 saturated heterocycles. The molecule has 1 amide bonds. The van der Waals surface area contributed by atoms with Crippen molar-refractivity contribution in [3.63, 3.8) is 0 Å². The number of amides is 1. The maximum Gasteiger partial charge on any atom is 0.263 e. The van der Waals surface area contributed by atoms with Gasteiger partial charge < -0.3 is 14.4 Å². The van der Waals surface area contributed by atoms with Crippen molar-refractivity contribution in [2.45, 2.75) is 32.0 Å². The SMILES string of the molecule is C[C@H](Oc1ccccc1)C(=O)N1CCC(Oc2ccsc2)CC1. The third-order valence-corrected chi connectivity index (χ3v) is 4.62. The zero-order chi connectivity index (χ0) is 16.1. The molecule has 0 spiro atoms. The quantitative estimate of drug-likeness (QED) is 0.840. The van der Waals surface area contributed by atoms with Gasteiger partial charge in [0.05, 0.1) is 0 Å². The predicted molar refractivity (Wildman–Crippen MR) is 91.1 cm³/mol. The summed E-state index contributed by atoms with van der Waals surface area (Å²) < 4.78 is 11.6. The van der Waals surface area contributed by atoms with Crippen LogP contribution in [0.1, 0.15) is 19.8 Å². The zero-order valence-electron chi connectivity index (χ0n) is 13.2. The minimum Gasteiger partial charge on any atom is -0.489 e. The van der Waals surface area contributed by atoms with Gasteiger partial charge in [0.2, 0.25) is 0 Å². The molecule has 0 N–H and O–H groups in total. The first-order chi connectivity index (χ1) is 11.2. The normalized spacial score (nSPS) is 16.8. The fraction of sp³-hybridized carbons (Fsp3) is 0.389. The molecule has 1 atom stereocenters. The van der Waals surface area contributed by atoms with E-state index >= 15 is 0 Å². The minimum absolute atomic E-state index is 0.0443. The van der Waals surface area contributed by atoms with Crippen LogP contribution in [-0.2, 0) is 4.79 Å². The number of nitrogens with zero attached hydrogens (tertiary/aromatic N) is 1. The molecule has 122 valence electrons. The molecule has 2 heterocycles. The van der Waals surface area contributed by atoms with Gasteiger partial charge in [0.15, 0.2) is 6.10 Å². The van der Waals surface area contributed by atoms with Crippen molar-refractivity contribution in [1.82, 2.24) is 4.90 Å². The number of para-hydroxylation sites is 1. The van der Waals surface area contributed by atoms with E-state index in [2.05, 4.69) is 0 Å². The van der Waals surface area contributed by atoms with Crippen LogP contribution >= 0.6 is 11.3 Å². The van der Waals surface area contributed by atoms with Gasteiger partial charge in [-0.15, -0.1) is 11.3 Å². The number of rotatable bonds is 5. The lowest BCUT2D eigenvalue weighted by atomic mass is 10.1. The molecule has 4 nitrogen and oxygen atoms in total. The largest absolute Gasteiger partial charge is 0.489 e. The maximum atomic E-state index is 12.5. The summed E-state index contributed by atoms with van der Waals surface area (Å²) in [5, 5.41) is 4.02. The van der Waals surface area contributed by atoms with E-state index in [0.29, 0.717) is 0 Å². The standard InChI is InChI=1S/C18H21NO3S/c1-14(21-15-5-3-2-4-6-15)18(20)19-10-7-16(8-11-19)22-17-9-12-23-13-17/h2-6,9,12-14,16H,7-8,10-11H2,1H3/t14-/m0/s1. The number of likely N-dealkylation sites (tertiary alicyclic amines) is 1. The van der Waals surface area contributed by atoms with Gasteiger partial charge in [-0.1, -0.05) is 18.2 Å². The molecule has 2 aromatic rings. The summed E-state index contributed by atoms with van der Waals surface area (Å²) >= 11 is 1.63. The molecule has 5 heteroatoms. The number of hydrogen-bond donors (Lipinski definition) is 0. The van der Waals surface area contributed by atoms with Crippen molar-refractivity contribution in [2.75, 3.05) is 13.1 Å². The Morgan fingerprint density at radius 1 is 1.17 bits per heavy atom. The van der Waals surface area contributed by atoms with Crippen LogP contribution in [0.15, 0.2) is 47.2 Å². The zero-order valence-corrected chi connectivity index (χ0v) is 14.0. The summed E-state index contributed by atoms with van der Waals surface area (Å²) in [6.07, 6.45) is 1.45. The Bertz CT molecular complexity index is 606. The highest BCUT2D eigenvalue weighted by molar-refractivity contribution is 7.08. The first-order valence-corrected chi connectivity index (χ1v) is 8.86. The monoisotopic (exact) mass is 331 g/mol. The van der Waals surface area contributed by atoms with Crippen molar-refractivity contribution in [3.8, 4) is 11.5 Å². The van der Waals surface area contributed by atoms with Gasteiger partial charge in [-0.2, -0.15) is 0 Å². The van der Waals surface area contributed by atoms with E-state index in [1.165, 1.54) is 0 Å². The first-order valence-electron chi connectivity index (χ1n) is 7.92. The summed E-state index contributed by atoms with van der Waals surface area (Å²) in [6.45, 7) is 3.25. The average Bonchev–Trinajstić information content (AvgIpc) is 3.09. The molecular weight excluding hydrogens is 310 g/mol. The summed E-state index contributed by atoms with van der Waals surface area (Å²) in [5.74, 6) is 1.70. The van der Waals surface area contributed by atoms with Crippen LogP contribution in [0.5, 0.6) is 11.5 Å². The van der Waals surface area contributed by atoms with Crippen LogP contribution in [0.25, 0.3) is 0 Å². The Morgan fingerprint density at radius 3 is 2.57 bits per heavy atom. The highest BCUT2D eigenvalue weighted by Crippen LogP contribution is 2.22. The number of piperidine rings is 1. The van der Waals surface area contributed by atoms with Gasteiger partial charge >= 0.3 is 0 Å². The van der Waals surface area contributed by atoms with E-state index < -0.39 is 6.10 Å². The van der Waals surface area contributed by atoms with Crippen LogP contribution in [0.4, 0.5) is 0 Å². The van der Waals surface area contributed by atoms with E-state index in [9.17, 15) is 4.79 Å². The molecule has 1 aromatic carbocycles. The third-order valence-electron chi connectivity index (χ3n) is 3.96. The third kappa shape index (κ3) is 4.26. The highest BCUT2D eigenvalue weighted by atomic mass is 32.1. The molecular formula is C18H21NO3S. The predicted octanol–water partition coefficient (Wildman–Crippen LogP) is 3.59. The Labute approximate surface area is 140 Å². The Morgan fingerprint density at radius 2 is 1.91 bits per heavy atom. The Kier molecular flexibility index (Phi) is 5.18. The molecule has 1 aliphatic rings. The molecule has 0 aliphatic carbocycles. The Balaban J connectivity index is 1.47. The fourth-order valence-corrected chi connectivity index (χ4v) is 3.28. The van der Waals surface area contributed by atoms with Crippen LogP contribution in [0.2, 0.25) is 0 Å². The van der Waals surface area contributed by atoms with Crippen molar-refractivity contribution in [1.29, 1.82) is 0 Å². The van der Waals surface area contributed by atoms with E-state index in [1.54, 1.807) is 11.3 Å². The lowest BCUT2D eigenvalue weighted by Crippen LogP contribution is -2.46. The van der Waals surface area contributed by atoms with Gasteiger partial charge in [-0.25, -0.2) is 0 Å². The summed E-state index contributed by atoms with van der Waals surface area (Å²) in [4.78, 5) is 14.4. The summed E-state index contributed by atoms with van der Waals surface area (Å²) in [5.41, 5.74) is 0. The van der Waals surface area contributed by atoms with Crippen molar-refractivity contribution < 1.29 is 14.3 Å². The number of carbonyl (C=O) groups excluding carboxylic acids is 1. The van der Waals surface area contributed by atoms with E-state index in [0.717, 1.165) is 37.4 Å². The molecule has 1 aliphatic heterocycles. The average molecular weight is 331 g/mol. The second-order valence-corrected chi connectivity index (χ2v) is 6.45. The van der Waals surface area contributed by atoms with E-state index in [4.69, 9.17) is 9.47 Å². The highest BCUT2D eigenvalue weighted by Gasteiger charge is 2.27. The lowest BCUT2D eigenvalue weighted by molar-refractivity contribution is -0.139. The van der Waals surface area contributed by atoms with Crippen molar-refractivity contribution >= 4 is 17.2 Å². The van der Waals surface area contributed by atoms with Crippen molar-refractivity contribution in [3.05, 3.63) is 47.2 Å². The van der Waals surface area contributed by atoms with Crippen LogP contribution < -0.4 is 9.47 Å². The molecule has 1 fully saturated rings. The topological polar surface area (TPSA) is 38.8 Å². The number of hydrogen-bond acceptors (Lipinski definition) is 4. The molecule has 0 unspecified atom stereocenters.